The van der Waals surface area contributed by atoms with Crippen LogP contribution in [0.25, 0.3) is 22.0 Å². The van der Waals surface area contributed by atoms with Gasteiger partial charge in [-0.1, -0.05) is 65.2 Å². The van der Waals surface area contributed by atoms with Gasteiger partial charge in [-0.25, -0.2) is 9.80 Å². The van der Waals surface area contributed by atoms with Crippen LogP contribution in [0, 0.1) is 13.8 Å². The first kappa shape index (κ1) is 29.1. The minimum Gasteiger partial charge on any atom is -0.462 e. The van der Waals surface area contributed by atoms with Gasteiger partial charge in [-0.3, -0.25) is 9.59 Å². The zero-order valence-corrected chi connectivity index (χ0v) is 24.0. The molecule has 1 N–H and O–H groups in total. The van der Waals surface area contributed by atoms with Crippen molar-refractivity contribution in [2.45, 2.75) is 45.6 Å². The molecule has 0 saturated carbocycles. The monoisotopic (exact) mass is 591 g/mol. The number of esters is 1. The second-order valence-electron chi connectivity index (χ2n) is 10.3. The van der Waals surface area contributed by atoms with Crippen LogP contribution in [-0.4, -0.2) is 40.1 Å². The first-order chi connectivity index (χ1) is 20.0. The molecule has 4 aromatic rings. The molecular formula is C32H28ClF2N3O4. The molecule has 216 valence electrons. The number of hydrazone groups is 1. The van der Waals surface area contributed by atoms with Gasteiger partial charge in [-0.15, -0.1) is 0 Å². The zero-order chi connectivity index (χ0) is 30.2. The molecule has 10 heteroatoms. The normalized spacial score (nSPS) is 15.1. The van der Waals surface area contributed by atoms with E-state index in [-0.39, 0.29) is 24.3 Å². The predicted octanol–water partition coefficient (Wildman–Crippen LogP) is 6.73. The van der Waals surface area contributed by atoms with Crippen LogP contribution >= 0.6 is 11.6 Å². The molecule has 42 heavy (non-hydrogen) atoms. The third-order valence-corrected chi connectivity index (χ3v) is 7.42. The van der Waals surface area contributed by atoms with Crippen LogP contribution < -0.4 is 5.56 Å². The maximum absolute atomic E-state index is 14.7. The number of hydrogen-bond acceptors (Lipinski definition) is 5. The van der Waals surface area contributed by atoms with Crippen molar-refractivity contribution in [2.24, 2.45) is 5.10 Å². The molecule has 0 radical (unpaired) electrons. The molecule has 0 fully saturated rings. The highest BCUT2D eigenvalue weighted by atomic mass is 35.5. The van der Waals surface area contributed by atoms with Gasteiger partial charge in [0.2, 0.25) is 5.91 Å². The molecule has 1 aliphatic rings. The molecule has 0 aliphatic carbocycles. The first-order valence-corrected chi connectivity index (χ1v) is 13.8. The van der Waals surface area contributed by atoms with Gasteiger partial charge in [0.25, 0.3) is 5.56 Å². The van der Waals surface area contributed by atoms with Crippen molar-refractivity contribution in [3.63, 3.8) is 0 Å². The van der Waals surface area contributed by atoms with E-state index in [9.17, 15) is 23.2 Å². The van der Waals surface area contributed by atoms with Crippen LogP contribution in [0.3, 0.4) is 0 Å². The number of benzene rings is 3. The maximum Gasteiger partial charge on any atom is 0.377 e. The largest absolute Gasteiger partial charge is 0.462 e. The van der Waals surface area contributed by atoms with Crippen molar-refractivity contribution in [3.8, 4) is 11.1 Å². The molecule has 0 saturated heterocycles. The Bertz CT molecular complexity index is 1770. The average Bonchev–Trinajstić information content (AvgIpc) is 3.39. The van der Waals surface area contributed by atoms with Crippen molar-refractivity contribution in [1.82, 2.24) is 9.99 Å². The van der Waals surface area contributed by atoms with Gasteiger partial charge in [-0.2, -0.15) is 13.9 Å². The standard InChI is InChI=1S/C32H28ClF2N3O4/c1-4-42-31(41)32(34,35)17-27(39)38-26(20-8-5-18(2)6-9-20)16-25(37-38)29-28(21-10-12-22(33)13-11-21)23-15-19(3)7-14-24(23)36-30(29)40/h5-15,26H,4,16-17H2,1-3H3,(H,36,40). The van der Waals surface area contributed by atoms with E-state index in [0.29, 0.717) is 27.2 Å². The summed E-state index contributed by atoms with van der Waals surface area (Å²) in [4.78, 5) is 41.8. The number of halogens is 3. The number of nitrogens with one attached hydrogen (secondary N) is 1. The van der Waals surface area contributed by atoms with Gasteiger partial charge in [-0.05, 0) is 56.2 Å². The topological polar surface area (TPSA) is 91.8 Å². The summed E-state index contributed by atoms with van der Waals surface area (Å²) >= 11 is 6.16. The summed E-state index contributed by atoms with van der Waals surface area (Å²) in [6.45, 7) is 4.98. The second-order valence-corrected chi connectivity index (χ2v) is 10.7. The van der Waals surface area contributed by atoms with E-state index >= 15 is 0 Å². The van der Waals surface area contributed by atoms with Crippen molar-refractivity contribution < 1.29 is 23.1 Å². The van der Waals surface area contributed by atoms with Crippen LogP contribution in [-0.2, 0) is 14.3 Å². The lowest BCUT2D eigenvalue weighted by atomic mass is 9.90. The number of pyridine rings is 1. The molecule has 3 aromatic carbocycles. The summed E-state index contributed by atoms with van der Waals surface area (Å²) in [7, 11) is 0. The number of amides is 1. The fourth-order valence-electron chi connectivity index (χ4n) is 5.12. The van der Waals surface area contributed by atoms with Crippen molar-refractivity contribution in [2.75, 3.05) is 6.61 Å². The number of aryl methyl sites for hydroxylation is 2. The molecule has 1 atom stereocenters. The summed E-state index contributed by atoms with van der Waals surface area (Å²) < 4.78 is 33.8. The minimum absolute atomic E-state index is 0.0841. The Morgan fingerprint density at radius 1 is 1.02 bits per heavy atom. The molecule has 1 aromatic heterocycles. The Kier molecular flexibility index (Phi) is 7.97. The number of carbonyl (C=O) groups excluding carboxylic acids is 2. The maximum atomic E-state index is 14.7. The second kappa shape index (κ2) is 11.5. The molecule has 2 heterocycles. The van der Waals surface area contributed by atoms with Gasteiger partial charge in [0.15, 0.2) is 0 Å². The Morgan fingerprint density at radius 2 is 1.69 bits per heavy atom. The number of ether oxygens (including phenoxy) is 1. The van der Waals surface area contributed by atoms with Crippen molar-refractivity contribution >= 4 is 40.1 Å². The van der Waals surface area contributed by atoms with E-state index in [1.807, 2.05) is 44.2 Å². The summed E-state index contributed by atoms with van der Waals surface area (Å²) in [5.41, 5.74) is 4.50. The Hall–Kier alpha value is -4.37. The lowest BCUT2D eigenvalue weighted by molar-refractivity contribution is -0.175. The van der Waals surface area contributed by atoms with E-state index in [1.165, 1.54) is 6.92 Å². The number of aromatic amines is 1. The van der Waals surface area contributed by atoms with E-state index in [1.54, 1.807) is 36.4 Å². The lowest BCUT2D eigenvalue weighted by Crippen LogP contribution is -2.38. The summed E-state index contributed by atoms with van der Waals surface area (Å²) in [6, 6.07) is 19.1. The zero-order valence-electron chi connectivity index (χ0n) is 23.2. The first-order valence-electron chi connectivity index (χ1n) is 13.4. The highest BCUT2D eigenvalue weighted by molar-refractivity contribution is 6.30. The van der Waals surface area contributed by atoms with Crippen LogP contribution in [0.15, 0.2) is 76.6 Å². The SMILES string of the molecule is CCOC(=O)C(F)(F)CC(=O)N1N=C(c2c(-c3ccc(Cl)cc3)c3cc(C)ccc3[nH]c2=O)CC1c1ccc(C)cc1. The average molecular weight is 592 g/mol. The predicted molar refractivity (Wildman–Crippen MR) is 158 cm³/mol. The summed E-state index contributed by atoms with van der Waals surface area (Å²) in [5, 5.41) is 6.71. The third-order valence-electron chi connectivity index (χ3n) is 7.17. The van der Waals surface area contributed by atoms with E-state index < -0.39 is 35.8 Å². The van der Waals surface area contributed by atoms with E-state index in [2.05, 4.69) is 14.8 Å². The minimum atomic E-state index is -4.05. The van der Waals surface area contributed by atoms with Crippen LogP contribution in [0.1, 0.15) is 48.1 Å². The third kappa shape index (κ3) is 5.69. The smallest absolute Gasteiger partial charge is 0.377 e. The highest BCUT2D eigenvalue weighted by Gasteiger charge is 2.46. The van der Waals surface area contributed by atoms with Gasteiger partial charge in [0, 0.05) is 27.9 Å². The fraction of sp³-hybridized carbons (Fsp3) is 0.250. The van der Waals surface area contributed by atoms with Crippen molar-refractivity contribution in [3.05, 3.63) is 104 Å². The fourth-order valence-corrected chi connectivity index (χ4v) is 5.24. The summed E-state index contributed by atoms with van der Waals surface area (Å²) in [6.07, 6.45) is -1.34. The van der Waals surface area contributed by atoms with E-state index in [4.69, 9.17) is 11.6 Å². The molecule has 0 spiro atoms. The number of carbonyl (C=O) groups is 2. The van der Waals surface area contributed by atoms with Gasteiger partial charge >= 0.3 is 11.9 Å². The molecule has 7 nitrogen and oxygen atoms in total. The molecule has 1 unspecified atom stereocenters. The Morgan fingerprint density at radius 3 is 2.36 bits per heavy atom. The number of alkyl halides is 2. The lowest BCUT2D eigenvalue weighted by Gasteiger charge is -2.24. The number of aromatic nitrogens is 1. The number of hydrogen-bond donors (Lipinski definition) is 1. The van der Waals surface area contributed by atoms with Gasteiger partial charge in [0.1, 0.15) is 6.42 Å². The van der Waals surface area contributed by atoms with Gasteiger partial charge in [0.05, 0.1) is 23.9 Å². The Labute approximate surface area is 245 Å². The van der Waals surface area contributed by atoms with Crippen LogP contribution in [0.4, 0.5) is 8.78 Å². The molecule has 5 rings (SSSR count). The molecule has 0 bridgehead atoms. The quantitative estimate of drug-likeness (QED) is 0.241. The number of rotatable bonds is 7. The molecule has 1 aliphatic heterocycles. The highest BCUT2D eigenvalue weighted by Crippen LogP contribution is 2.38. The number of fused-ring (bicyclic) bond motifs is 1. The summed E-state index contributed by atoms with van der Waals surface area (Å²) in [5.74, 6) is -6.90. The van der Waals surface area contributed by atoms with Crippen LogP contribution in [0.5, 0.6) is 0 Å². The molecular weight excluding hydrogens is 564 g/mol. The number of H-pyrrole nitrogens is 1. The van der Waals surface area contributed by atoms with E-state index in [0.717, 1.165) is 21.5 Å². The van der Waals surface area contributed by atoms with Crippen molar-refractivity contribution in [1.29, 1.82) is 0 Å². The van der Waals surface area contributed by atoms with Crippen LogP contribution in [0.2, 0.25) is 5.02 Å². The Balaban J connectivity index is 1.68. The van der Waals surface area contributed by atoms with Gasteiger partial charge < -0.3 is 9.72 Å². The molecule has 1 amide bonds. The number of nitrogens with zero attached hydrogens (tertiary/aromatic N) is 2.